The highest BCUT2D eigenvalue weighted by molar-refractivity contribution is 7.13. The van der Waals surface area contributed by atoms with E-state index in [9.17, 15) is 4.79 Å². The van der Waals surface area contributed by atoms with Gasteiger partial charge in [0.1, 0.15) is 16.6 Å². The maximum Gasteiger partial charge on any atom is 0.326 e. The van der Waals surface area contributed by atoms with Gasteiger partial charge in [0.05, 0.1) is 0 Å². The van der Waals surface area contributed by atoms with Crippen LogP contribution < -0.4 is 10.6 Å². The molecule has 0 aromatic carbocycles. The summed E-state index contributed by atoms with van der Waals surface area (Å²) in [6.45, 7) is 5.12. The number of nitrogens with zero attached hydrogens (tertiary/aromatic N) is 4. The number of hydrogen-bond acceptors (Lipinski definition) is 6. The Morgan fingerprint density at radius 2 is 1.96 bits per heavy atom. The molecule has 138 valence electrons. The van der Waals surface area contributed by atoms with Crippen molar-refractivity contribution in [2.75, 3.05) is 23.7 Å². The zero-order valence-electron chi connectivity index (χ0n) is 15.0. The van der Waals surface area contributed by atoms with Gasteiger partial charge in [0, 0.05) is 48.5 Å². The van der Waals surface area contributed by atoms with E-state index in [1.807, 2.05) is 29.6 Å². The third-order valence-electron chi connectivity index (χ3n) is 4.49. The molecule has 0 atom stereocenters. The topological polar surface area (TPSA) is 83.0 Å². The molecule has 0 saturated carbocycles. The summed E-state index contributed by atoms with van der Waals surface area (Å²) in [7, 11) is 0. The number of hydrogen-bond donors (Lipinski definition) is 2. The molecular formula is C19H20N6OS. The minimum absolute atomic E-state index is 0.347. The zero-order chi connectivity index (χ0) is 18.6. The molecule has 1 aliphatic rings. The first-order valence-corrected chi connectivity index (χ1v) is 9.74. The largest absolute Gasteiger partial charge is 0.326 e. The van der Waals surface area contributed by atoms with Crippen molar-refractivity contribution in [2.45, 2.75) is 19.9 Å². The molecule has 7 nitrogen and oxygen atoms in total. The van der Waals surface area contributed by atoms with Gasteiger partial charge in [-0.1, -0.05) is 13.0 Å². The molecule has 1 aliphatic heterocycles. The van der Waals surface area contributed by atoms with Crippen LogP contribution in [0.4, 0.5) is 16.4 Å². The molecule has 0 radical (unpaired) electrons. The molecule has 0 bridgehead atoms. The average Bonchev–Trinajstić information content (AvgIpc) is 3.16. The molecule has 0 unspecified atom stereocenters. The Hall–Kier alpha value is -2.84. The molecule has 0 spiro atoms. The summed E-state index contributed by atoms with van der Waals surface area (Å²) in [5.41, 5.74) is 3.27. The fraction of sp³-hybridized carbons (Fsp3) is 0.263. The summed E-state index contributed by atoms with van der Waals surface area (Å²) in [6, 6.07) is 7.32. The van der Waals surface area contributed by atoms with Crippen LogP contribution in [0.1, 0.15) is 18.2 Å². The maximum absolute atomic E-state index is 12.3. The molecule has 27 heavy (non-hydrogen) atoms. The van der Waals surface area contributed by atoms with E-state index in [1.165, 1.54) is 16.9 Å². The summed E-state index contributed by atoms with van der Waals surface area (Å²) >= 11 is 1.47. The lowest BCUT2D eigenvalue weighted by Gasteiger charge is -2.27. The van der Waals surface area contributed by atoms with Gasteiger partial charge in [-0.15, -0.1) is 11.3 Å². The molecule has 3 aromatic rings. The number of carbonyl (C=O) groups excluding carboxylic acids is 1. The van der Waals surface area contributed by atoms with Gasteiger partial charge in [0.15, 0.2) is 0 Å². The lowest BCUT2D eigenvalue weighted by atomic mass is 10.1. The molecule has 0 saturated heterocycles. The second kappa shape index (κ2) is 7.81. The second-order valence-corrected chi connectivity index (χ2v) is 7.13. The van der Waals surface area contributed by atoms with Crippen LogP contribution in [0.3, 0.4) is 0 Å². The van der Waals surface area contributed by atoms with Crippen LogP contribution in [0.5, 0.6) is 0 Å². The zero-order valence-corrected chi connectivity index (χ0v) is 15.8. The van der Waals surface area contributed by atoms with E-state index in [0.717, 1.165) is 42.3 Å². The third-order valence-corrected chi connectivity index (χ3v) is 5.38. The first kappa shape index (κ1) is 17.6. The summed E-state index contributed by atoms with van der Waals surface area (Å²) in [5, 5.41) is 8.20. The number of carbonyl (C=O) groups is 1. The van der Waals surface area contributed by atoms with Crippen molar-refractivity contribution in [2.24, 2.45) is 0 Å². The smallest absolute Gasteiger partial charge is 0.299 e. The predicted molar refractivity (Wildman–Crippen MR) is 107 cm³/mol. The number of thiazole rings is 1. The Morgan fingerprint density at radius 1 is 1.15 bits per heavy atom. The molecule has 8 heteroatoms. The molecule has 3 aromatic heterocycles. The predicted octanol–water partition coefficient (Wildman–Crippen LogP) is 3.62. The van der Waals surface area contributed by atoms with Crippen LogP contribution in [-0.2, 0) is 13.0 Å². The Morgan fingerprint density at radius 3 is 2.78 bits per heavy atom. The third kappa shape index (κ3) is 4.12. The molecule has 4 rings (SSSR count). The van der Waals surface area contributed by atoms with E-state index in [1.54, 1.807) is 12.4 Å². The van der Waals surface area contributed by atoms with Crippen molar-refractivity contribution in [1.29, 1.82) is 0 Å². The second-order valence-electron chi connectivity index (χ2n) is 6.27. The van der Waals surface area contributed by atoms with Crippen LogP contribution in [-0.4, -0.2) is 39.0 Å². The van der Waals surface area contributed by atoms with Crippen molar-refractivity contribution >= 4 is 29.0 Å². The van der Waals surface area contributed by atoms with Crippen molar-refractivity contribution in [3.8, 4) is 10.6 Å². The average molecular weight is 380 g/mol. The standard InChI is InChI=1S/C19H20N6OS/c1-2-25-10-7-15-14(11-25)3-4-16(21-15)23-19(26)24-17-12-27-18(22-17)13-5-8-20-9-6-13/h3-6,8-9,12H,2,7,10-11H2,1H3,(H2,21,23,24,26). The van der Waals surface area contributed by atoms with E-state index in [2.05, 4.69) is 37.4 Å². The number of pyridine rings is 2. The molecule has 4 heterocycles. The van der Waals surface area contributed by atoms with Gasteiger partial charge in [-0.05, 0) is 30.3 Å². The fourth-order valence-electron chi connectivity index (χ4n) is 3.04. The van der Waals surface area contributed by atoms with E-state index in [0.29, 0.717) is 11.6 Å². The number of anilines is 2. The van der Waals surface area contributed by atoms with Gasteiger partial charge in [0.2, 0.25) is 0 Å². The van der Waals surface area contributed by atoms with Crippen molar-refractivity contribution in [1.82, 2.24) is 19.9 Å². The summed E-state index contributed by atoms with van der Waals surface area (Å²) in [6.07, 6.45) is 4.34. The molecule has 0 fully saturated rings. The summed E-state index contributed by atoms with van der Waals surface area (Å²) in [5.74, 6) is 1.07. The van der Waals surface area contributed by atoms with Crippen LogP contribution in [0.25, 0.3) is 10.6 Å². The minimum Gasteiger partial charge on any atom is -0.299 e. The van der Waals surface area contributed by atoms with Crippen LogP contribution in [0.15, 0.2) is 42.0 Å². The van der Waals surface area contributed by atoms with Gasteiger partial charge >= 0.3 is 6.03 Å². The van der Waals surface area contributed by atoms with Gasteiger partial charge < -0.3 is 0 Å². The van der Waals surface area contributed by atoms with E-state index >= 15 is 0 Å². The van der Waals surface area contributed by atoms with Gasteiger partial charge in [-0.25, -0.2) is 14.8 Å². The monoisotopic (exact) mass is 380 g/mol. The van der Waals surface area contributed by atoms with Crippen LogP contribution in [0, 0.1) is 0 Å². The highest BCUT2D eigenvalue weighted by Gasteiger charge is 2.17. The SMILES string of the molecule is CCN1CCc2nc(NC(=O)Nc3csc(-c4ccncc4)n3)ccc2C1. The molecule has 0 aliphatic carbocycles. The van der Waals surface area contributed by atoms with Crippen molar-refractivity contribution < 1.29 is 4.79 Å². The van der Waals surface area contributed by atoms with Gasteiger partial charge in [-0.2, -0.15) is 0 Å². The quantitative estimate of drug-likeness (QED) is 0.722. The number of nitrogens with one attached hydrogen (secondary N) is 2. The number of likely N-dealkylation sites (N-methyl/N-ethyl adjacent to an activating group) is 1. The van der Waals surface area contributed by atoms with E-state index < -0.39 is 0 Å². The van der Waals surface area contributed by atoms with Gasteiger partial charge in [-0.3, -0.25) is 20.5 Å². The van der Waals surface area contributed by atoms with Crippen molar-refractivity contribution in [3.05, 3.63) is 53.3 Å². The number of amides is 2. The molecule has 2 N–H and O–H groups in total. The summed E-state index contributed by atoms with van der Waals surface area (Å²) < 4.78 is 0. The lowest BCUT2D eigenvalue weighted by molar-refractivity contribution is 0.261. The molecular weight excluding hydrogens is 360 g/mol. The molecule has 2 amide bonds. The normalized spacial score (nSPS) is 13.8. The Balaban J connectivity index is 1.39. The lowest BCUT2D eigenvalue weighted by Crippen LogP contribution is -2.31. The summed E-state index contributed by atoms with van der Waals surface area (Å²) in [4.78, 5) is 27.7. The van der Waals surface area contributed by atoms with Crippen molar-refractivity contribution in [3.63, 3.8) is 0 Å². The van der Waals surface area contributed by atoms with Gasteiger partial charge in [0.25, 0.3) is 0 Å². The maximum atomic E-state index is 12.3. The number of urea groups is 1. The highest BCUT2D eigenvalue weighted by Crippen LogP contribution is 2.25. The van der Waals surface area contributed by atoms with Crippen LogP contribution >= 0.6 is 11.3 Å². The van der Waals surface area contributed by atoms with E-state index in [4.69, 9.17) is 0 Å². The van der Waals surface area contributed by atoms with Crippen LogP contribution in [0.2, 0.25) is 0 Å². The number of rotatable bonds is 4. The fourth-order valence-corrected chi connectivity index (χ4v) is 3.79. The first-order chi connectivity index (χ1) is 13.2. The highest BCUT2D eigenvalue weighted by atomic mass is 32.1. The Kier molecular flexibility index (Phi) is 5.08. The minimum atomic E-state index is -0.347. The number of aromatic nitrogens is 3. The first-order valence-electron chi connectivity index (χ1n) is 8.86. The Labute approximate surface area is 161 Å². The number of fused-ring (bicyclic) bond motifs is 1. The van der Waals surface area contributed by atoms with E-state index in [-0.39, 0.29) is 6.03 Å². The Bertz CT molecular complexity index is 942.